The quantitative estimate of drug-likeness (QED) is 0.181. The lowest BCUT2D eigenvalue weighted by Crippen LogP contribution is -1.99. The van der Waals surface area contributed by atoms with Gasteiger partial charge in [0.2, 0.25) is 5.69 Å². The normalized spacial score (nSPS) is 11.1. The average molecular weight is 636 g/mol. The monoisotopic (exact) mass is 635 g/mol. The highest BCUT2D eigenvalue weighted by atomic mass is 15.0. The Morgan fingerprint density at radius 3 is 1.66 bits per heavy atom. The highest BCUT2D eigenvalue weighted by Crippen LogP contribution is 2.44. The first-order chi connectivity index (χ1) is 24.7. The fourth-order valence-corrected chi connectivity index (χ4v) is 7.51. The van der Waals surface area contributed by atoms with Gasteiger partial charge in [-0.3, -0.25) is 0 Å². The molecule has 0 saturated carbocycles. The lowest BCUT2D eigenvalue weighted by atomic mass is 9.90. The van der Waals surface area contributed by atoms with Crippen molar-refractivity contribution in [2.75, 3.05) is 0 Å². The van der Waals surface area contributed by atoms with Gasteiger partial charge in [-0.25, -0.2) is 4.85 Å². The first-order valence-corrected chi connectivity index (χ1v) is 16.3. The summed E-state index contributed by atoms with van der Waals surface area (Å²) in [6, 6.07) is 55.3. The fourth-order valence-electron chi connectivity index (χ4n) is 7.51. The maximum Gasteiger partial charge on any atom is 0.211 e. The van der Waals surface area contributed by atoms with Crippen LogP contribution in [-0.4, -0.2) is 9.13 Å². The van der Waals surface area contributed by atoms with Crippen molar-refractivity contribution in [1.29, 1.82) is 10.5 Å². The largest absolute Gasteiger partial charge is 0.318 e. The number of benzene rings is 7. The van der Waals surface area contributed by atoms with Crippen LogP contribution in [0.15, 0.2) is 152 Å². The highest BCUT2D eigenvalue weighted by Gasteiger charge is 2.22. The Labute approximate surface area is 288 Å². The van der Waals surface area contributed by atoms with Crippen LogP contribution >= 0.6 is 0 Å². The lowest BCUT2D eigenvalue weighted by molar-refractivity contribution is 1.18. The summed E-state index contributed by atoms with van der Waals surface area (Å²) in [4.78, 5) is 4.02. The molecule has 0 spiro atoms. The second-order valence-electron chi connectivity index (χ2n) is 12.2. The van der Waals surface area contributed by atoms with E-state index in [1.54, 1.807) is 0 Å². The smallest absolute Gasteiger partial charge is 0.211 e. The number of para-hydroxylation sites is 4. The van der Waals surface area contributed by atoms with Crippen molar-refractivity contribution in [3.63, 3.8) is 0 Å². The van der Waals surface area contributed by atoms with E-state index >= 15 is 0 Å². The second-order valence-corrected chi connectivity index (χ2v) is 12.2. The maximum atomic E-state index is 10.6. The third kappa shape index (κ3) is 4.24. The second kappa shape index (κ2) is 11.4. The number of hydrogen-bond acceptors (Lipinski definition) is 2. The summed E-state index contributed by atoms with van der Waals surface area (Å²) in [6.07, 6.45) is 0. The van der Waals surface area contributed by atoms with Gasteiger partial charge in [-0.05, 0) is 65.2 Å². The zero-order chi connectivity index (χ0) is 33.8. The van der Waals surface area contributed by atoms with Crippen molar-refractivity contribution in [3.05, 3.63) is 174 Å². The van der Waals surface area contributed by atoms with Crippen molar-refractivity contribution >= 4 is 49.3 Å². The van der Waals surface area contributed by atoms with Gasteiger partial charge in [-0.1, -0.05) is 103 Å². The first kappa shape index (κ1) is 28.8. The molecule has 9 aromatic rings. The van der Waals surface area contributed by atoms with E-state index in [1.165, 1.54) is 0 Å². The molecule has 0 radical (unpaired) electrons. The number of nitrogens with zero attached hydrogens (tertiary/aromatic N) is 5. The molecule has 7 aromatic carbocycles. The van der Waals surface area contributed by atoms with Crippen molar-refractivity contribution in [1.82, 2.24) is 9.13 Å². The third-order valence-corrected chi connectivity index (χ3v) is 9.63. The van der Waals surface area contributed by atoms with Crippen LogP contribution in [0.1, 0.15) is 11.1 Å². The Hall–Kier alpha value is -7.39. The zero-order valence-corrected chi connectivity index (χ0v) is 26.7. The summed E-state index contributed by atoms with van der Waals surface area (Å²) in [5.41, 5.74) is 10.9. The molecule has 0 unspecified atom stereocenters. The van der Waals surface area contributed by atoms with Crippen LogP contribution in [0.3, 0.4) is 0 Å². The Morgan fingerprint density at radius 1 is 0.460 bits per heavy atom. The predicted octanol–water partition coefficient (Wildman–Crippen LogP) is 11.5. The molecule has 0 N–H and O–H groups in total. The molecule has 5 heteroatoms. The Kier molecular flexibility index (Phi) is 6.56. The summed E-state index contributed by atoms with van der Waals surface area (Å²) in [7, 11) is 0. The van der Waals surface area contributed by atoms with Gasteiger partial charge in [0.15, 0.2) is 0 Å². The van der Waals surface area contributed by atoms with E-state index < -0.39 is 0 Å². The van der Waals surface area contributed by atoms with Gasteiger partial charge in [0, 0.05) is 32.8 Å². The predicted molar refractivity (Wildman–Crippen MR) is 202 cm³/mol. The molecule has 0 aliphatic carbocycles. The third-order valence-electron chi connectivity index (χ3n) is 9.63. The van der Waals surface area contributed by atoms with Crippen LogP contribution in [0.25, 0.3) is 82.1 Å². The summed E-state index contributed by atoms with van der Waals surface area (Å²) < 4.78 is 4.36. The number of rotatable bonds is 4. The number of nitriles is 2. The molecule has 50 heavy (non-hydrogen) atoms. The molecule has 0 atom stereocenters. The van der Waals surface area contributed by atoms with Gasteiger partial charge >= 0.3 is 0 Å². The summed E-state index contributed by atoms with van der Waals surface area (Å²) in [5.74, 6) is 0. The van der Waals surface area contributed by atoms with Crippen LogP contribution in [0, 0.1) is 29.2 Å². The van der Waals surface area contributed by atoms with Crippen LogP contribution < -0.4 is 0 Å². The SMILES string of the molecule is [C-]#[N+]c1cccc(-c2ccccc2-c2ccc(-n3c4ccccc4c4cc(C#N)ccc43)cc2C#N)c1-n1c2ccccc2c2ccccc21. The van der Waals surface area contributed by atoms with Gasteiger partial charge in [-0.15, -0.1) is 0 Å². The minimum Gasteiger partial charge on any atom is -0.318 e. The van der Waals surface area contributed by atoms with Crippen LogP contribution in [0.2, 0.25) is 0 Å². The molecule has 5 nitrogen and oxygen atoms in total. The molecule has 0 fully saturated rings. The maximum absolute atomic E-state index is 10.6. The van der Waals surface area contributed by atoms with Crippen LogP contribution in [0.4, 0.5) is 5.69 Å². The molecule has 230 valence electrons. The molecule has 0 saturated heterocycles. The summed E-state index contributed by atoms with van der Waals surface area (Å²) in [5, 5.41) is 24.5. The zero-order valence-electron chi connectivity index (χ0n) is 26.7. The van der Waals surface area contributed by atoms with Crippen molar-refractivity contribution in [3.8, 4) is 45.8 Å². The minimum absolute atomic E-state index is 0.536. The molecule has 0 bridgehead atoms. The van der Waals surface area contributed by atoms with Gasteiger partial charge in [-0.2, -0.15) is 10.5 Å². The topological polar surface area (TPSA) is 61.8 Å². The van der Waals surface area contributed by atoms with E-state index in [0.717, 1.165) is 77.2 Å². The molecule has 0 amide bonds. The van der Waals surface area contributed by atoms with Crippen molar-refractivity contribution < 1.29 is 0 Å². The number of aromatic nitrogens is 2. The molecular weight excluding hydrogens is 611 g/mol. The number of fused-ring (bicyclic) bond motifs is 6. The van der Waals surface area contributed by atoms with E-state index in [9.17, 15) is 10.5 Å². The standard InChI is InChI=1S/C45H25N5/c1-48-40-17-10-16-38(45(40)50-42-19-8-4-13-35(42)36-14-5-9-20-43(36)50)34-12-3-2-11-33(34)32-23-22-31(26-30(32)28-47)49-41-18-7-6-15-37(41)39-25-29(27-46)21-24-44(39)49/h2-26H. The fraction of sp³-hybridized carbons (Fsp3) is 0. The molecule has 2 aromatic heterocycles. The van der Waals surface area contributed by atoms with E-state index in [1.807, 2.05) is 91.0 Å². The van der Waals surface area contributed by atoms with Crippen LogP contribution in [-0.2, 0) is 0 Å². The molecule has 9 rings (SSSR count). The van der Waals surface area contributed by atoms with E-state index in [-0.39, 0.29) is 0 Å². The summed E-state index contributed by atoms with van der Waals surface area (Å²) in [6.45, 7) is 8.22. The van der Waals surface area contributed by atoms with Crippen molar-refractivity contribution in [2.24, 2.45) is 0 Å². The first-order valence-electron chi connectivity index (χ1n) is 16.3. The Balaban J connectivity index is 1.27. The van der Waals surface area contributed by atoms with Gasteiger partial charge in [0.1, 0.15) is 0 Å². The van der Waals surface area contributed by atoms with Crippen LogP contribution in [0.5, 0.6) is 0 Å². The van der Waals surface area contributed by atoms with Gasteiger partial charge in [0.05, 0.1) is 57.6 Å². The van der Waals surface area contributed by atoms with E-state index in [4.69, 9.17) is 6.57 Å². The molecular formula is C45H25N5. The van der Waals surface area contributed by atoms with E-state index in [0.29, 0.717) is 16.8 Å². The molecule has 0 aliphatic rings. The van der Waals surface area contributed by atoms with Gasteiger partial charge < -0.3 is 9.13 Å². The lowest BCUT2D eigenvalue weighted by Gasteiger charge is -2.19. The Bertz CT molecular complexity index is 2920. The minimum atomic E-state index is 0.536. The highest BCUT2D eigenvalue weighted by molar-refractivity contribution is 6.11. The van der Waals surface area contributed by atoms with Crippen molar-refractivity contribution in [2.45, 2.75) is 0 Å². The average Bonchev–Trinajstić information content (AvgIpc) is 3.69. The molecule has 0 aliphatic heterocycles. The molecule has 2 heterocycles. The Morgan fingerprint density at radius 2 is 1.02 bits per heavy atom. The number of hydrogen-bond donors (Lipinski definition) is 0. The summed E-state index contributed by atoms with van der Waals surface area (Å²) >= 11 is 0. The van der Waals surface area contributed by atoms with Gasteiger partial charge in [0.25, 0.3) is 0 Å². The van der Waals surface area contributed by atoms with E-state index in [2.05, 4.69) is 86.8 Å².